The number of aliphatic hydroxyl groups is 1. The number of halogens is 4. The zero-order chi connectivity index (χ0) is 28.6. The summed E-state index contributed by atoms with van der Waals surface area (Å²) in [4.78, 5) is 45.5. The molecule has 2 aromatic rings. The highest BCUT2D eigenvalue weighted by molar-refractivity contribution is 9.10. The molecular weight excluding hydrogens is 589 g/mol. The first-order valence-corrected chi connectivity index (χ1v) is 12.5. The quantitative estimate of drug-likeness (QED) is 0.269. The zero-order valence-corrected chi connectivity index (χ0v) is 22.2. The first-order valence-electron chi connectivity index (χ1n) is 11.7. The van der Waals surface area contributed by atoms with E-state index in [0.29, 0.717) is 18.2 Å². The van der Waals surface area contributed by atoms with Crippen molar-refractivity contribution in [1.82, 2.24) is 20.9 Å². The summed E-state index contributed by atoms with van der Waals surface area (Å²) in [6.45, 7) is 1.62. The molecule has 39 heavy (non-hydrogen) atoms. The molecule has 0 aliphatic carbocycles. The monoisotopic (exact) mass is 614 g/mol. The average Bonchev–Trinajstić information content (AvgIpc) is 2.87. The zero-order valence-electron chi connectivity index (χ0n) is 20.6. The van der Waals surface area contributed by atoms with Crippen LogP contribution >= 0.6 is 15.9 Å². The summed E-state index contributed by atoms with van der Waals surface area (Å²) in [5, 5.41) is 20.2. The highest BCUT2D eigenvalue weighted by Gasteiger charge is 2.32. The van der Waals surface area contributed by atoms with Gasteiger partial charge in [0.05, 0.1) is 61.3 Å². The summed E-state index contributed by atoms with van der Waals surface area (Å²) in [5.74, 6) is -1.71. The summed E-state index contributed by atoms with van der Waals surface area (Å²) in [6, 6.07) is 3.39. The highest BCUT2D eigenvalue weighted by atomic mass is 79.9. The first kappa shape index (κ1) is 29.8. The van der Waals surface area contributed by atoms with Gasteiger partial charge < -0.3 is 31.1 Å². The first-order chi connectivity index (χ1) is 18.4. The molecule has 0 spiro atoms. The smallest absolute Gasteiger partial charge is 0.416 e. The Kier molecular flexibility index (Phi) is 10.2. The highest BCUT2D eigenvalue weighted by Crippen LogP contribution is 2.34. The molecule has 210 valence electrons. The summed E-state index contributed by atoms with van der Waals surface area (Å²) in [5.41, 5.74) is -0.387. The fourth-order valence-electron chi connectivity index (χ4n) is 3.51. The van der Waals surface area contributed by atoms with Crippen molar-refractivity contribution in [1.29, 1.82) is 0 Å². The van der Waals surface area contributed by atoms with E-state index >= 15 is 0 Å². The molecule has 1 aliphatic rings. The Hall–Kier alpha value is -3.72. The molecule has 1 aromatic carbocycles. The van der Waals surface area contributed by atoms with E-state index < -0.39 is 54.6 Å². The number of guanidine groups is 1. The lowest BCUT2D eigenvalue weighted by atomic mass is 10.0. The van der Waals surface area contributed by atoms with Gasteiger partial charge in [0, 0.05) is 17.2 Å². The molecule has 2 atom stereocenters. The predicted octanol–water partition coefficient (Wildman–Crippen LogP) is 2.14. The molecule has 0 saturated heterocycles. The van der Waals surface area contributed by atoms with Gasteiger partial charge in [0.2, 0.25) is 5.91 Å². The van der Waals surface area contributed by atoms with Gasteiger partial charge in [-0.05, 0) is 36.8 Å². The number of carbonyl (C=O) groups excluding carboxylic acids is 3. The van der Waals surface area contributed by atoms with E-state index in [0.717, 1.165) is 12.1 Å². The second kappa shape index (κ2) is 13.4. The van der Waals surface area contributed by atoms with Crippen molar-refractivity contribution < 1.29 is 37.4 Å². The van der Waals surface area contributed by atoms with Crippen LogP contribution in [0.25, 0.3) is 0 Å². The van der Waals surface area contributed by atoms with Crippen LogP contribution in [0.15, 0.2) is 46.1 Å². The van der Waals surface area contributed by atoms with Crippen molar-refractivity contribution in [3.8, 4) is 0 Å². The van der Waals surface area contributed by atoms with E-state index in [1.807, 2.05) is 0 Å². The molecule has 0 saturated carbocycles. The number of amides is 2. The molecule has 5 N–H and O–H groups in total. The van der Waals surface area contributed by atoms with Crippen LogP contribution in [0.2, 0.25) is 0 Å². The Labute approximate surface area is 229 Å². The lowest BCUT2D eigenvalue weighted by molar-refractivity contribution is -0.143. The van der Waals surface area contributed by atoms with Crippen LogP contribution in [-0.2, 0) is 20.5 Å². The molecule has 1 unspecified atom stereocenters. The second-order valence-electron chi connectivity index (χ2n) is 8.39. The van der Waals surface area contributed by atoms with Crippen molar-refractivity contribution >= 4 is 45.4 Å². The number of anilines is 1. The van der Waals surface area contributed by atoms with E-state index in [-0.39, 0.29) is 28.8 Å². The number of hydrogen-bond acceptors (Lipinski definition) is 9. The third kappa shape index (κ3) is 9.21. The number of alkyl halides is 3. The van der Waals surface area contributed by atoms with Crippen molar-refractivity contribution in [3.05, 3.63) is 57.8 Å². The van der Waals surface area contributed by atoms with Crippen molar-refractivity contribution in [2.45, 2.75) is 31.7 Å². The van der Waals surface area contributed by atoms with Gasteiger partial charge >= 0.3 is 12.1 Å². The maximum atomic E-state index is 13.3. The summed E-state index contributed by atoms with van der Waals surface area (Å²) in [7, 11) is 0. The van der Waals surface area contributed by atoms with E-state index in [1.54, 1.807) is 6.92 Å². The average molecular weight is 615 g/mol. The molecule has 1 aromatic heterocycles. The summed E-state index contributed by atoms with van der Waals surface area (Å²) >= 11 is 3.03. The number of esters is 1. The van der Waals surface area contributed by atoms with Crippen LogP contribution in [0, 0.1) is 0 Å². The lowest BCUT2D eigenvalue weighted by Gasteiger charge is -2.21. The molecular formula is C24H26BrF3N6O5. The number of pyridine rings is 1. The van der Waals surface area contributed by atoms with Crippen molar-refractivity contribution in [3.63, 3.8) is 0 Å². The largest absolute Gasteiger partial charge is 0.466 e. The second-order valence-corrected chi connectivity index (χ2v) is 9.31. The third-order valence-corrected chi connectivity index (χ3v) is 5.76. The summed E-state index contributed by atoms with van der Waals surface area (Å²) < 4.78 is 45.0. The number of benzene rings is 1. The van der Waals surface area contributed by atoms with Crippen LogP contribution in [0.5, 0.6) is 0 Å². The maximum absolute atomic E-state index is 13.3. The molecule has 15 heteroatoms. The van der Waals surface area contributed by atoms with Gasteiger partial charge in [0.25, 0.3) is 5.91 Å². The Bertz CT molecular complexity index is 1240. The molecule has 3 rings (SSSR count). The minimum Gasteiger partial charge on any atom is -0.466 e. The van der Waals surface area contributed by atoms with Gasteiger partial charge in [0.15, 0.2) is 5.96 Å². The molecule has 11 nitrogen and oxygen atoms in total. The lowest BCUT2D eigenvalue weighted by Crippen LogP contribution is -2.42. The van der Waals surface area contributed by atoms with Gasteiger partial charge in [-0.1, -0.05) is 15.9 Å². The molecule has 2 heterocycles. The Balaban J connectivity index is 1.66. The molecule has 0 bridgehead atoms. The fraction of sp³-hybridized carbons (Fsp3) is 0.375. The molecule has 0 fully saturated rings. The molecule has 1 aliphatic heterocycles. The molecule has 2 amide bonds. The topological polar surface area (TPSA) is 154 Å². The van der Waals surface area contributed by atoms with E-state index in [9.17, 15) is 32.7 Å². The van der Waals surface area contributed by atoms with Gasteiger partial charge in [-0.15, -0.1) is 0 Å². The Morgan fingerprint density at radius 1 is 1.23 bits per heavy atom. The third-order valence-electron chi connectivity index (χ3n) is 5.30. The Morgan fingerprint density at radius 2 is 2.00 bits per heavy atom. The van der Waals surface area contributed by atoms with Gasteiger partial charge in [-0.25, -0.2) is 0 Å². The minimum atomic E-state index is -4.65. The normalized spacial score (nSPS) is 15.8. The molecule has 0 radical (unpaired) electrons. The van der Waals surface area contributed by atoms with Crippen molar-refractivity contribution in [2.24, 2.45) is 4.99 Å². The van der Waals surface area contributed by atoms with Crippen LogP contribution in [0.3, 0.4) is 0 Å². The standard InChI is InChI=1S/C24H26BrF3N6O5/c1-2-39-21(37)7-19(13-3-15(24(26,27)28)6-16(25)4-13)34-20(36)12-30-22(38)14-5-17(9-29-8-14)33-23-31-10-18(35)11-32-23/h3-6,8-9,18-19,35H,2,7,10-12H2,1H3,(H,30,38)(H,34,36)(H2,31,32,33)/t19-/m0/s1. The van der Waals surface area contributed by atoms with Gasteiger partial charge in [-0.2, -0.15) is 13.2 Å². The van der Waals surface area contributed by atoms with Crippen LogP contribution in [-0.4, -0.2) is 66.2 Å². The number of carbonyl (C=O) groups is 3. The fourth-order valence-corrected chi connectivity index (χ4v) is 4.02. The number of nitrogens with zero attached hydrogens (tertiary/aromatic N) is 2. The predicted molar refractivity (Wildman–Crippen MR) is 138 cm³/mol. The number of aromatic nitrogens is 1. The van der Waals surface area contributed by atoms with E-state index in [2.05, 4.69) is 47.2 Å². The number of ether oxygens (including phenoxy) is 1. The SMILES string of the molecule is CCOC(=O)C[C@H](NC(=O)CNC(=O)c1cncc(NC2=NCC(O)CN2)c1)c1cc(Br)cc(C(F)(F)F)c1. The van der Waals surface area contributed by atoms with Crippen LogP contribution < -0.4 is 21.3 Å². The van der Waals surface area contributed by atoms with Crippen LogP contribution in [0.4, 0.5) is 18.9 Å². The summed E-state index contributed by atoms with van der Waals surface area (Å²) in [6.07, 6.45) is -2.94. The number of aliphatic imine (C=N–C) groups is 1. The maximum Gasteiger partial charge on any atom is 0.416 e. The van der Waals surface area contributed by atoms with E-state index in [1.165, 1.54) is 24.5 Å². The number of aliphatic hydroxyl groups excluding tert-OH is 1. The number of hydrogen-bond donors (Lipinski definition) is 5. The van der Waals surface area contributed by atoms with Crippen LogP contribution in [0.1, 0.15) is 40.9 Å². The van der Waals surface area contributed by atoms with E-state index in [4.69, 9.17) is 4.74 Å². The number of β-amino-alcohol motifs (C(OH)–C–C–N with tert-alkyl or cyclic N) is 1. The minimum absolute atomic E-state index is 0.0270. The number of rotatable bonds is 9. The Morgan fingerprint density at radius 3 is 2.67 bits per heavy atom. The number of nitrogens with one attached hydrogen (secondary N) is 4. The van der Waals surface area contributed by atoms with Gasteiger partial charge in [-0.3, -0.25) is 24.4 Å². The van der Waals surface area contributed by atoms with Crippen molar-refractivity contribution in [2.75, 3.05) is 31.6 Å². The van der Waals surface area contributed by atoms with Gasteiger partial charge in [0.1, 0.15) is 0 Å².